The van der Waals surface area contributed by atoms with Crippen LogP contribution in [0.3, 0.4) is 0 Å². The summed E-state index contributed by atoms with van der Waals surface area (Å²) in [6.07, 6.45) is 5.42. The van der Waals surface area contributed by atoms with Crippen LogP contribution in [-0.2, 0) is 42.0 Å². The van der Waals surface area contributed by atoms with Crippen LogP contribution in [0.4, 0.5) is 4.79 Å². The van der Waals surface area contributed by atoms with E-state index < -0.39 is 63.7 Å². The normalized spacial score (nSPS) is 22.1. The van der Waals surface area contributed by atoms with E-state index in [1.165, 1.54) is 7.05 Å². The Morgan fingerprint density at radius 2 is 1.60 bits per heavy atom. The maximum atomic E-state index is 14.8. The maximum absolute atomic E-state index is 14.8. The molecule has 0 aromatic heterocycles. The van der Waals surface area contributed by atoms with Crippen LogP contribution in [0.1, 0.15) is 77.8 Å². The molecule has 4 rings (SSSR count). The van der Waals surface area contributed by atoms with Gasteiger partial charge >= 0.3 is 6.03 Å². The number of benzene rings is 1. The lowest BCUT2D eigenvalue weighted by atomic mass is 9.93. The predicted octanol–water partition coefficient (Wildman–Crippen LogP) is 2.55. The van der Waals surface area contributed by atoms with Gasteiger partial charge in [-0.3, -0.25) is 19.2 Å². The molecule has 2 aliphatic carbocycles. The van der Waals surface area contributed by atoms with Crippen molar-refractivity contribution in [1.82, 2.24) is 30.5 Å². The molecule has 288 valence electrons. The fourth-order valence-electron chi connectivity index (χ4n) is 7.82. The van der Waals surface area contributed by atoms with Gasteiger partial charge in [0, 0.05) is 26.7 Å². The van der Waals surface area contributed by atoms with E-state index in [1.807, 2.05) is 38.1 Å². The lowest BCUT2D eigenvalue weighted by Gasteiger charge is -2.35. The number of nitrogens with zero attached hydrogens (tertiary/aromatic N) is 2. The van der Waals surface area contributed by atoms with Crippen molar-refractivity contribution in [3.05, 3.63) is 47.5 Å². The maximum Gasteiger partial charge on any atom is 0.315 e. The highest BCUT2D eigenvalue weighted by atomic mass is 32.2. The SMILES string of the molecule is C=C(C)[C@@H](CN(C)S(C)(=O)=O)NC(=O)N[C@H](C(=O)N1C[C@H]2[C@@H]([C@H]1C(=O)NC(CCCC)C(=O)C(=O)NCCCC)C2(C)C)C1Cc2ccccc2C1. The van der Waals surface area contributed by atoms with Gasteiger partial charge in [-0.2, -0.15) is 0 Å². The molecular formula is C38H58N6O7S. The zero-order chi connectivity index (χ0) is 38.5. The first-order valence-corrected chi connectivity index (χ1v) is 20.4. The molecule has 1 aliphatic heterocycles. The third-order valence-corrected chi connectivity index (χ3v) is 12.6. The fraction of sp³-hybridized carbons (Fsp3) is 0.658. The summed E-state index contributed by atoms with van der Waals surface area (Å²) in [5.74, 6) is -2.73. The zero-order valence-corrected chi connectivity index (χ0v) is 32.6. The van der Waals surface area contributed by atoms with Crippen molar-refractivity contribution in [2.75, 3.05) is 32.9 Å². The number of urea groups is 1. The van der Waals surface area contributed by atoms with Gasteiger partial charge in [-0.05, 0) is 66.9 Å². The van der Waals surface area contributed by atoms with Crippen molar-refractivity contribution in [2.45, 2.75) is 104 Å². The van der Waals surface area contributed by atoms with Gasteiger partial charge in [-0.15, -0.1) is 0 Å². The number of Topliss-reactive ketones (excluding diaryl/α,β-unsaturated/α-hetero) is 1. The molecule has 1 heterocycles. The van der Waals surface area contributed by atoms with Crippen LogP contribution in [0.5, 0.6) is 0 Å². The van der Waals surface area contributed by atoms with E-state index in [-0.39, 0.29) is 29.7 Å². The molecule has 4 N–H and O–H groups in total. The Balaban J connectivity index is 1.59. The molecule has 1 aromatic carbocycles. The summed E-state index contributed by atoms with van der Waals surface area (Å²) in [4.78, 5) is 70.3. The Labute approximate surface area is 309 Å². The number of unbranched alkanes of at least 4 members (excludes halogenated alkanes) is 2. The number of likely N-dealkylation sites (N-methyl/N-ethyl adjacent to an activating group) is 1. The van der Waals surface area contributed by atoms with Crippen molar-refractivity contribution in [3.8, 4) is 0 Å². The van der Waals surface area contributed by atoms with Crippen LogP contribution in [-0.4, -0.2) is 104 Å². The van der Waals surface area contributed by atoms with Crippen molar-refractivity contribution >= 4 is 39.6 Å². The molecule has 1 saturated carbocycles. The Bertz CT molecular complexity index is 1620. The summed E-state index contributed by atoms with van der Waals surface area (Å²) in [6, 6.07) is 3.56. The van der Waals surface area contributed by atoms with Gasteiger partial charge in [0.15, 0.2) is 0 Å². The van der Waals surface area contributed by atoms with E-state index in [4.69, 9.17) is 0 Å². The number of hydrogen-bond acceptors (Lipinski definition) is 7. The van der Waals surface area contributed by atoms with Crippen LogP contribution in [0.2, 0.25) is 0 Å². The van der Waals surface area contributed by atoms with Gasteiger partial charge in [0.25, 0.3) is 5.91 Å². The van der Waals surface area contributed by atoms with Crippen molar-refractivity contribution in [3.63, 3.8) is 0 Å². The fourth-order valence-corrected chi connectivity index (χ4v) is 8.24. The van der Waals surface area contributed by atoms with E-state index >= 15 is 0 Å². The second kappa shape index (κ2) is 16.9. The molecule has 5 amide bonds. The highest BCUT2D eigenvalue weighted by molar-refractivity contribution is 7.88. The molecule has 52 heavy (non-hydrogen) atoms. The first-order chi connectivity index (χ1) is 24.4. The van der Waals surface area contributed by atoms with Gasteiger partial charge in [0.05, 0.1) is 18.3 Å². The van der Waals surface area contributed by atoms with Crippen molar-refractivity contribution in [1.29, 1.82) is 0 Å². The molecule has 13 nitrogen and oxygen atoms in total. The summed E-state index contributed by atoms with van der Waals surface area (Å²) in [7, 11) is -2.12. The minimum absolute atomic E-state index is 0.0452. The number of amides is 5. The van der Waals surface area contributed by atoms with Gasteiger partial charge in [-0.25, -0.2) is 17.5 Å². The molecule has 1 aromatic rings. The summed E-state index contributed by atoms with van der Waals surface area (Å²) < 4.78 is 25.4. The largest absolute Gasteiger partial charge is 0.349 e. The lowest BCUT2D eigenvalue weighted by molar-refractivity contribution is -0.144. The van der Waals surface area contributed by atoms with E-state index in [2.05, 4.69) is 41.7 Å². The molecule has 0 radical (unpaired) electrons. The molecule has 0 bridgehead atoms. The Morgan fingerprint density at radius 3 is 2.15 bits per heavy atom. The number of ketones is 1. The summed E-state index contributed by atoms with van der Waals surface area (Å²) in [5, 5.41) is 11.3. The van der Waals surface area contributed by atoms with Gasteiger partial charge in [0.1, 0.15) is 12.1 Å². The molecular weight excluding hydrogens is 685 g/mol. The third-order valence-electron chi connectivity index (χ3n) is 11.3. The predicted molar refractivity (Wildman–Crippen MR) is 200 cm³/mol. The lowest BCUT2D eigenvalue weighted by Crippen LogP contribution is -2.61. The number of likely N-dealkylation sites (tertiary alicyclic amines) is 1. The number of carbonyl (C=O) groups excluding carboxylic acids is 5. The first-order valence-electron chi connectivity index (χ1n) is 18.6. The van der Waals surface area contributed by atoms with Crippen LogP contribution >= 0.6 is 0 Å². The second-order valence-electron chi connectivity index (χ2n) is 15.5. The summed E-state index contributed by atoms with van der Waals surface area (Å²) in [6.45, 7) is 14.3. The van der Waals surface area contributed by atoms with Crippen molar-refractivity contribution in [2.24, 2.45) is 23.2 Å². The molecule has 1 saturated heterocycles. The van der Waals surface area contributed by atoms with Gasteiger partial charge < -0.3 is 26.2 Å². The average molecular weight is 743 g/mol. The smallest absolute Gasteiger partial charge is 0.315 e. The van der Waals surface area contributed by atoms with Crippen molar-refractivity contribution < 1.29 is 32.4 Å². The minimum Gasteiger partial charge on any atom is -0.349 e. The van der Waals surface area contributed by atoms with E-state index in [0.717, 1.165) is 41.0 Å². The van der Waals surface area contributed by atoms with Crippen LogP contribution in [0, 0.1) is 23.2 Å². The monoisotopic (exact) mass is 742 g/mol. The number of carbonyl (C=O) groups is 5. The minimum atomic E-state index is -3.53. The molecule has 1 unspecified atom stereocenters. The highest BCUT2D eigenvalue weighted by Crippen LogP contribution is 2.65. The number of hydrogen-bond donors (Lipinski definition) is 4. The second-order valence-corrected chi connectivity index (χ2v) is 17.6. The average Bonchev–Trinajstić information content (AvgIpc) is 3.43. The molecule has 6 atom stereocenters. The summed E-state index contributed by atoms with van der Waals surface area (Å²) >= 11 is 0. The number of nitrogens with one attached hydrogen (secondary N) is 4. The molecule has 14 heteroatoms. The number of piperidine rings is 1. The van der Waals surface area contributed by atoms with Gasteiger partial charge in [-0.1, -0.05) is 83.4 Å². The zero-order valence-electron chi connectivity index (χ0n) is 31.8. The van der Waals surface area contributed by atoms with Crippen LogP contribution < -0.4 is 21.3 Å². The van der Waals surface area contributed by atoms with Gasteiger partial charge in [0.2, 0.25) is 27.6 Å². The van der Waals surface area contributed by atoms with E-state index in [9.17, 15) is 32.4 Å². The van der Waals surface area contributed by atoms with E-state index in [1.54, 1.807) is 11.8 Å². The molecule has 2 fully saturated rings. The summed E-state index contributed by atoms with van der Waals surface area (Å²) in [5.41, 5.74) is 2.47. The van der Waals surface area contributed by atoms with Crippen LogP contribution in [0.15, 0.2) is 36.4 Å². The third kappa shape index (κ3) is 9.41. The number of fused-ring (bicyclic) bond motifs is 2. The van der Waals surface area contributed by atoms with E-state index in [0.29, 0.717) is 44.3 Å². The number of rotatable bonds is 18. The Hall–Kier alpha value is -3.78. The first kappa shape index (κ1) is 41.0. The Kier molecular flexibility index (Phi) is 13.3. The standard InChI is InChI=1S/C38H58N6O7S/c1-9-11-17-28(33(45)35(47)39-18-12-10-2)40-34(46)32-30-27(38(30,5)6)21-44(32)36(48)31(26-19-24-15-13-14-16-25(24)20-26)42-37(49)41-29(23(3)4)22-43(7)52(8,50)51/h13-16,26-32H,3,9-12,17-22H2,1-2,4-8H3,(H,39,47)(H,40,46)(H2,41,42,49)/t27-,28?,29+,30-,31-,32-/m0/s1. The number of sulfonamides is 1. The highest BCUT2D eigenvalue weighted by Gasteiger charge is 2.69. The van der Waals surface area contributed by atoms with Crippen LogP contribution in [0.25, 0.3) is 0 Å². The topological polar surface area (TPSA) is 174 Å². The Morgan fingerprint density at radius 1 is 0.981 bits per heavy atom. The molecule has 0 spiro atoms. The quantitative estimate of drug-likeness (QED) is 0.102. The molecule has 3 aliphatic rings.